The number of piperidine rings is 1. The molecule has 2 aromatic rings. The van der Waals surface area contributed by atoms with E-state index in [1.807, 2.05) is 11.8 Å². The largest absolute Gasteiger partial charge is 0.343 e. The fraction of sp³-hybridized carbons (Fsp3) is 0.368. The Bertz CT molecular complexity index is 677. The number of para-hydroxylation sites is 2. The molecule has 0 amide bonds. The third-order valence-corrected chi connectivity index (χ3v) is 5.82. The molecule has 22 heavy (non-hydrogen) atoms. The van der Waals surface area contributed by atoms with Gasteiger partial charge in [-0.2, -0.15) is 0 Å². The first-order chi connectivity index (χ1) is 10.8. The monoisotopic (exact) mass is 310 g/mol. The number of fused-ring (bicyclic) bond motifs is 2. The van der Waals surface area contributed by atoms with E-state index in [1.165, 1.54) is 59.1 Å². The standard InChI is InChI=1S/C19H22N2S/c1-20-16-9-3-4-10-17(16)22-18-11-7-8-15(19(18)20)14-21-12-5-2-6-13-21/h3-4,7-11H,2,5-6,12-14H2,1H3. The van der Waals surface area contributed by atoms with E-state index in [-0.39, 0.29) is 0 Å². The van der Waals surface area contributed by atoms with Crippen LogP contribution in [0.1, 0.15) is 24.8 Å². The summed E-state index contributed by atoms with van der Waals surface area (Å²) in [7, 11) is 2.21. The zero-order valence-electron chi connectivity index (χ0n) is 13.1. The van der Waals surface area contributed by atoms with Gasteiger partial charge < -0.3 is 4.90 Å². The molecule has 2 aromatic carbocycles. The van der Waals surface area contributed by atoms with E-state index in [0.29, 0.717) is 0 Å². The number of nitrogens with zero attached hydrogens (tertiary/aromatic N) is 2. The van der Waals surface area contributed by atoms with Crippen LogP contribution in [0.25, 0.3) is 0 Å². The molecule has 1 fully saturated rings. The van der Waals surface area contributed by atoms with Gasteiger partial charge >= 0.3 is 0 Å². The molecule has 2 nitrogen and oxygen atoms in total. The molecule has 2 heterocycles. The molecule has 0 N–H and O–H groups in total. The van der Waals surface area contributed by atoms with Crippen molar-refractivity contribution in [1.82, 2.24) is 4.90 Å². The van der Waals surface area contributed by atoms with Gasteiger partial charge in [0.15, 0.2) is 0 Å². The predicted octanol–water partition coefficient (Wildman–Crippen LogP) is 4.91. The quantitative estimate of drug-likeness (QED) is 0.778. The van der Waals surface area contributed by atoms with Crippen LogP contribution >= 0.6 is 11.8 Å². The number of hydrogen-bond acceptors (Lipinski definition) is 3. The van der Waals surface area contributed by atoms with Crippen LogP contribution in [0.5, 0.6) is 0 Å². The minimum atomic E-state index is 1.08. The second-order valence-electron chi connectivity index (χ2n) is 6.23. The summed E-state index contributed by atoms with van der Waals surface area (Å²) in [5.74, 6) is 0. The maximum Gasteiger partial charge on any atom is 0.0595 e. The van der Waals surface area contributed by atoms with Gasteiger partial charge in [0.05, 0.1) is 11.4 Å². The van der Waals surface area contributed by atoms with Crippen molar-refractivity contribution >= 4 is 23.1 Å². The van der Waals surface area contributed by atoms with Crippen molar-refractivity contribution < 1.29 is 0 Å². The predicted molar refractivity (Wildman–Crippen MR) is 94.2 cm³/mol. The van der Waals surface area contributed by atoms with Crippen LogP contribution in [-0.4, -0.2) is 25.0 Å². The van der Waals surface area contributed by atoms with Crippen molar-refractivity contribution in [2.24, 2.45) is 0 Å². The summed E-state index contributed by atoms with van der Waals surface area (Å²) in [6.45, 7) is 3.57. The van der Waals surface area contributed by atoms with E-state index >= 15 is 0 Å². The van der Waals surface area contributed by atoms with Gasteiger partial charge in [0.1, 0.15) is 0 Å². The zero-order valence-corrected chi connectivity index (χ0v) is 13.9. The number of likely N-dealkylation sites (tertiary alicyclic amines) is 1. The van der Waals surface area contributed by atoms with Gasteiger partial charge in [-0.25, -0.2) is 0 Å². The highest BCUT2D eigenvalue weighted by Crippen LogP contribution is 2.48. The lowest BCUT2D eigenvalue weighted by atomic mass is 10.1. The molecule has 0 atom stereocenters. The first kappa shape index (κ1) is 14.2. The molecule has 0 aliphatic carbocycles. The fourth-order valence-corrected chi connectivity index (χ4v) is 4.78. The van der Waals surface area contributed by atoms with Crippen LogP contribution in [0.3, 0.4) is 0 Å². The SMILES string of the molecule is CN1c2ccccc2Sc2cccc(CN3CCCCC3)c21. The molecule has 0 spiro atoms. The molecular formula is C19H22N2S. The Morgan fingerprint density at radius 1 is 0.909 bits per heavy atom. The van der Waals surface area contributed by atoms with Gasteiger partial charge in [0, 0.05) is 23.4 Å². The van der Waals surface area contributed by atoms with Gasteiger partial charge in [-0.15, -0.1) is 0 Å². The average Bonchev–Trinajstić information content (AvgIpc) is 2.56. The van der Waals surface area contributed by atoms with E-state index in [2.05, 4.69) is 59.3 Å². The minimum absolute atomic E-state index is 1.08. The third-order valence-electron chi connectivity index (χ3n) is 4.71. The van der Waals surface area contributed by atoms with Crippen LogP contribution in [-0.2, 0) is 6.54 Å². The van der Waals surface area contributed by atoms with Gasteiger partial charge in [-0.3, -0.25) is 4.90 Å². The minimum Gasteiger partial charge on any atom is -0.343 e. The average molecular weight is 310 g/mol. The van der Waals surface area contributed by atoms with Crippen LogP contribution in [0, 0.1) is 0 Å². The highest BCUT2D eigenvalue weighted by molar-refractivity contribution is 7.99. The molecule has 1 saturated heterocycles. The number of anilines is 2. The van der Waals surface area contributed by atoms with Crippen molar-refractivity contribution in [3.63, 3.8) is 0 Å². The number of benzene rings is 2. The second kappa shape index (κ2) is 5.98. The third kappa shape index (κ3) is 2.53. The summed E-state index contributed by atoms with van der Waals surface area (Å²) < 4.78 is 0. The Hall–Kier alpha value is -1.45. The lowest BCUT2D eigenvalue weighted by Crippen LogP contribution is -2.30. The second-order valence-corrected chi connectivity index (χ2v) is 7.31. The number of rotatable bonds is 2. The summed E-state index contributed by atoms with van der Waals surface area (Å²) in [5.41, 5.74) is 4.19. The molecule has 0 saturated carbocycles. The van der Waals surface area contributed by atoms with Crippen molar-refractivity contribution in [2.45, 2.75) is 35.6 Å². The lowest BCUT2D eigenvalue weighted by Gasteiger charge is -2.33. The summed E-state index contributed by atoms with van der Waals surface area (Å²) in [6.07, 6.45) is 4.09. The molecule has 2 aliphatic heterocycles. The zero-order chi connectivity index (χ0) is 14.9. The Balaban J connectivity index is 1.69. The van der Waals surface area contributed by atoms with Crippen molar-refractivity contribution in [2.75, 3.05) is 25.0 Å². The van der Waals surface area contributed by atoms with Crippen LogP contribution in [0.4, 0.5) is 11.4 Å². The highest BCUT2D eigenvalue weighted by Gasteiger charge is 2.23. The first-order valence-electron chi connectivity index (χ1n) is 8.18. The lowest BCUT2D eigenvalue weighted by molar-refractivity contribution is 0.221. The van der Waals surface area contributed by atoms with Crippen LogP contribution in [0.15, 0.2) is 52.3 Å². The molecule has 3 heteroatoms. The maximum absolute atomic E-state index is 2.61. The highest BCUT2D eigenvalue weighted by atomic mass is 32.2. The Morgan fingerprint density at radius 2 is 1.68 bits per heavy atom. The van der Waals surface area contributed by atoms with Crippen LogP contribution < -0.4 is 4.90 Å². The van der Waals surface area contributed by atoms with Crippen LogP contribution in [0.2, 0.25) is 0 Å². The molecule has 4 rings (SSSR count). The molecule has 0 radical (unpaired) electrons. The van der Waals surface area contributed by atoms with Gasteiger partial charge in [0.2, 0.25) is 0 Å². The molecule has 0 bridgehead atoms. The Morgan fingerprint density at radius 3 is 2.55 bits per heavy atom. The molecule has 2 aliphatic rings. The Labute approximate surface area is 137 Å². The first-order valence-corrected chi connectivity index (χ1v) is 8.99. The van der Waals surface area contributed by atoms with Gasteiger partial charge in [-0.1, -0.05) is 42.4 Å². The maximum atomic E-state index is 2.61. The molecular weight excluding hydrogens is 288 g/mol. The van der Waals surface area contributed by atoms with Crippen molar-refractivity contribution in [3.05, 3.63) is 48.0 Å². The molecule has 0 unspecified atom stereocenters. The smallest absolute Gasteiger partial charge is 0.0595 e. The van der Waals surface area contributed by atoms with E-state index in [9.17, 15) is 0 Å². The van der Waals surface area contributed by atoms with Crippen molar-refractivity contribution in [3.8, 4) is 0 Å². The number of hydrogen-bond donors (Lipinski definition) is 0. The summed E-state index contributed by atoms with van der Waals surface area (Å²) >= 11 is 1.90. The molecule has 114 valence electrons. The van der Waals surface area contributed by atoms with E-state index in [1.54, 1.807) is 0 Å². The van der Waals surface area contributed by atoms with E-state index in [0.717, 1.165) is 6.54 Å². The van der Waals surface area contributed by atoms with Gasteiger partial charge in [-0.05, 0) is 49.7 Å². The molecule has 0 aromatic heterocycles. The summed E-state index contributed by atoms with van der Waals surface area (Å²) in [4.78, 5) is 7.72. The van der Waals surface area contributed by atoms with Crippen molar-refractivity contribution in [1.29, 1.82) is 0 Å². The topological polar surface area (TPSA) is 6.48 Å². The Kier molecular flexibility index (Phi) is 3.85. The van der Waals surface area contributed by atoms with Gasteiger partial charge in [0.25, 0.3) is 0 Å². The summed E-state index contributed by atoms with van der Waals surface area (Å²) in [6, 6.07) is 15.5. The summed E-state index contributed by atoms with van der Waals surface area (Å²) in [5, 5.41) is 0. The fourth-order valence-electron chi connectivity index (χ4n) is 3.58. The van der Waals surface area contributed by atoms with E-state index < -0.39 is 0 Å². The normalized spacial score (nSPS) is 18.0. The van der Waals surface area contributed by atoms with E-state index in [4.69, 9.17) is 0 Å².